The molecule has 1 aliphatic rings. The Morgan fingerprint density at radius 3 is 2.61 bits per heavy atom. The molecule has 3 heterocycles. The number of pyridine rings is 1. The second kappa shape index (κ2) is 9.04. The molecule has 162 valence electrons. The molecule has 0 fully saturated rings. The van der Waals surface area contributed by atoms with Gasteiger partial charge in [-0.1, -0.05) is 30.7 Å². The number of fused-ring (bicyclic) bond motifs is 1. The largest absolute Gasteiger partial charge is 0.344 e. The van der Waals surface area contributed by atoms with Crippen molar-refractivity contribution in [1.82, 2.24) is 20.2 Å². The predicted molar refractivity (Wildman–Crippen MR) is 120 cm³/mol. The van der Waals surface area contributed by atoms with E-state index in [0.717, 1.165) is 28.7 Å². The maximum Gasteiger partial charge on any atom is 0.280 e. The minimum atomic E-state index is -3.28. The molecule has 1 aliphatic heterocycles. The van der Waals surface area contributed by atoms with Crippen molar-refractivity contribution in [2.45, 2.75) is 38.0 Å². The van der Waals surface area contributed by atoms with Gasteiger partial charge in [-0.15, -0.1) is 11.3 Å². The summed E-state index contributed by atoms with van der Waals surface area (Å²) < 4.78 is 23.7. The standard InChI is InChI=1S/C21H21ClN4O3S2/c1-2-31(28,29)17-8-7-16(23-10-17)9-24-20(27)21-25-18-12-26(13-19(18)30-21)11-14-3-5-15(22)6-4-14/h3-8,10H,2,9,11-13H2,1H3,(H,24,27). The zero-order valence-corrected chi connectivity index (χ0v) is 19.2. The van der Waals surface area contributed by atoms with E-state index in [0.29, 0.717) is 17.2 Å². The highest BCUT2D eigenvalue weighted by Crippen LogP contribution is 2.29. The number of carbonyl (C=O) groups is 1. The summed E-state index contributed by atoms with van der Waals surface area (Å²) >= 11 is 7.34. The van der Waals surface area contributed by atoms with Gasteiger partial charge in [-0.05, 0) is 29.8 Å². The summed E-state index contributed by atoms with van der Waals surface area (Å²) in [4.78, 5) is 24.7. The van der Waals surface area contributed by atoms with Crippen LogP contribution in [-0.4, -0.2) is 34.9 Å². The first-order valence-electron chi connectivity index (χ1n) is 9.75. The molecule has 31 heavy (non-hydrogen) atoms. The number of nitrogens with one attached hydrogen (secondary N) is 1. The third-order valence-corrected chi connectivity index (χ3v) is 8.05. The highest BCUT2D eigenvalue weighted by Gasteiger charge is 2.25. The molecule has 0 radical (unpaired) electrons. The number of benzene rings is 1. The van der Waals surface area contributed by atoms with Gasteiger partial charge in [-0.2, -0.15) is 0 Å². The number of hydrogen-bond donors (Lipinski definition) is 1. The first-order valence-corrected chi connectivity index (χ1v) is 12.6. The Labute approximate surface area is 190 Å². The van der Waals surface area contributed by atoms with Gasteiger partial charge in [-0.3, -0.25) is 14.7 Å². The second-order valence-electron chi connectivity index (χ2n) is 7.23. The highest BCUT2D eigenvalue weighted by molar-refractivity contribution is 7.91. The Hall–Kier alpha value is -2.33. The molecule has 3 aromatic rings. The molecular weight excluding hydrogens is 456 g/mol. The van der Waals surface area contributed by atoms with Crippen molar-refractivity contribution in [3.8, 4) is 0 Å². The van der Waals surface area contributed by atoms with Gasteiger partial charge in [0, 0.05) is 35.7 Å². The first kappa shape index (κ1) is 21.9. The maximum atomic E-state index is 12.5. The molecular formula is C21H21ClN4O3S2. The summed E-state index contributed by atoms with van der Waals surface area (Å²) in [6.07, 6.45) is 1.33. The SMILES string of the molecule is CCS(=O)(=O)c1ccc(CNC(=O)c2nc3c(s2)CN(Cc2ccc(Cl)cc2)C3)nc1. The van der Waals surface area contributed by atoms with Crippen LogP contribution in [0.25, 0.3) is 0 Å². The Bertz CT molecular complexity index is 1170. The predicted octanol–water partition coefficient (Wildman–Crippen LogP) is 3.43. The number of thiazole rings is 1. The van der Waals surface area contributed by atoms with Gasteiger partial charge in [0.2, 0.25) is 0 Å². The maximum absolute atomic E-state index is 12.5. The van der Waals surface area contributed by atoms with Crippen LogP contribution in [0.1, 0.15) is 38.6 Å². The normalized spacial score (nSPS) is 13.9. The van der Waals surface area contributed by atoms with Crippen LogP contribution in [0.3, 0.4) is 0 Å². The van der Waals surface area contributed by atoms with Crippen molar-refractivity contribution in [1.29, 1.82) is 0 Å². The molecule has 0 saturated carbocycles. The average molecular weight is 477 g/mol. The van der Waals surface area contributed by atoms with Crippen LogP contribution in [0.5, 0.6) is 0 Å². The molecule has 4 rings (SSSR count). The van der Waals surface area contributed by atoms with Crippen LogP contribution in [0.2, 0.25) is 5.02 Å². The molecule has 0 atom stereocenters. The summed E-state index contributed by atoms with van der Waals surface area (Å²) in [6.45, 7) is 4.07. The number of sulfone groups is 1. The fourth-order valence-electron chi connectivity index (χ4n) is 3.27. The van der Waals surface area contributed by atoms with Gasteiger partial charge in [0.15, 0.2) is 14.8 Å². The van der Waals surface area contributed by atoms with E-state index in [2.05, 4.69) is 20.2 Å². The van der Waals surface area contributed by atoms with Gasteiger partial charge in [-0.25, -0.2) is 13.4 Å². The average Bonchev–Trinajstić information content (AvgIpc) is 3.33. The Balaban J connectivity index is 1.32. The quantitative estimate of drug-likeness (QED) is 0.561. The third kappa shape index (κ3) is 5.12. The van der Waals surface area contributed by atoms with E-state index < -0.39 is 9.84 Å². The van der Waals surface area contributed by atoms with Crippen molar-refractivity contribution in [2.75, 3.05) is 5.75 Å². The molecule has 1 amide bonds. The second-order valence-corrected chi connectivity index (χ2v) is 11.0. The Kier molecular flexibility index (Phi) is 6.38. The number of carbonyl (C=O) groups excluding carboxylic acids is 1. The smallest absolute Gasteiger partial charge is 0.280 e. The Morgan fingerprint density at radius 2 is 1.97 bits per heavy atom. The molecule has 0 saturated heterocycles. The van der Waals surface area contributed by atoms with E-state index >= 15 is 0 Å². The zero-order chi connectivity index (χ0) is 22.0. The van der Waals surface area contributed by atoms with Gasteiger partial charge >= 0.3 is 0 Å². The van der Waals surface area contributed by atoms with Gasteiger partial charge in [0.05, 0.1) is 28.6 Å². The fourth-order valence-corrected chi connectivity index (χ4v) is 5.25. The number of nitrogens with zero attached hydrogens (tertiary/aromatic N) is 3. The van der Waals surface area contributed by atoms with Gasteiger partial charge in [0.25, 0.3) is 5.91 Å². The van der Waals surface area contributed by atoms with Gasteiger partial charge in [0.1, 0.15) is 0 Å². The van der Waals surface area contributed by atoms with Crippen LogP contribution < -0.4 is 5.32 Å². The molecule has 0 spiro atoms. The van der Waals surface area contributed by atoms with E-state index in [9.17, 15) is 13.2 Å². The van der Waals surface area contributed by atoms with Crippen LogP contribution in [0.4, 0.5) is 0 Å². The summed E-state index contributed by atoms with van der Waals surface area (Å²) in [6, 6.07) is 10.9. The number of halogens is 1. The lowest BCUT2D eigenvalue weighted by Gasteiger charge is -2.14. The summed E-state index contributed by atoms with van der Waals surface area (Å²) in [7, 11) is -3.28. The molecule has 0 bridgehead atoms. The lowest BCUT2D eigenvalue weighted by molar-refractivity contribution is 0.0949. The van der Waals surface area contributed by atoms with Crippen LogP contribution in [0, 0.1) is 0 Å². The molecule has 1 aromatic carbocycles. The Morgan fingerprint density at radius 1 is 1.19 bits per heavy atom. The van der Waals surface area contributed by atoms with Crippen molar-refractivity contribution >= 4 is 38.7 Å². The summed E-state index contributed by atoms with van der Waals surface area (Å²) in [5.74, 6) is -0.230. The van der Waals surface area contributed by atoms with Gasteiger partial charge < -0.3 is 5.32 Å². The van der Waals surface area contributed by atoms with Crippen molar-refractivity contribution in [3.05, 3.63) is 74.5 Å². The molecule has 2 aromatic heterocycles. The molecule has 0 aliphatic carbocycles. The van der Waals surface area contributed by atoms with E-state index in [4.69, 9.17) is 11.6 Å². The summed E-state index contributed by atoms with van der Waals surface area (Å²) in [5, 5.41) is 3.96. The highest BCUT2D eigenvalue weighted by atomic mass is 35.5. The number of hydrogen-bond acceptors (Lipinski definition) is 7. The molecule has 7 nitrogen and oxygen atoms in total. The fraction of sp³-hybridized carbons (Fsp3) is 0.286. The lowest BCUT2D eigenvalue weighted by Crippen LogP contribution is -2.23. The van der Waals surface area contributed by atoms with Crippen LogP contribution in [-0.2, 0) is 36.0 Å². The molecule has 1 N–H and O–H groups in total. The van der Waals surface area contributed by atoms with Crippen LogP contribution in [0.15, 0.2) is 47.5 Å². The third-order valence-electron chi connectivity index (χ3n) is 5.00. The summed E-state index contributed by atoms with van der Waals surface area (Å²) in [5.41, 5.74) is 2.71. The van der Waals surface area contributed by atoms with Crippen molar-refractivity contribution in [3.63, 3.8) is 0 Å². The van der Waals surface area contributed by atoms with E-state index in [1.165, 1.54) is 29.2 Å². The monoisotopic (exact) mass is 476 g/mol. The minimum absolute atomic E-state index is 0.0244. The van der Waals surface area contributed by atoms with Crippen LogP contribution >= 0.6 is 22.9 Å². The minimum Gasteiger partial charge on any atom is -0.344 e. The lowest BCUT2D eigenvalue weighted by atomic mass is 10.2. The van der Waals surface area contributed by atoms with Crippen molar-refractivity contribution in [2.24, 2.45) is 0 Å². The van der Waals surface area contributed by atoms with Crippen molar-refractivity contribution < 1.29 is 13.2 Å². The first-order chi connectivity index (χ1) is 14.8. The molecule has 10 heteroatoms. The molecule has 0 unspecified atom stereocenters. The van der Waals surface area contributed by atoms with E-state index in [-0.39, 0.29) is 23.1 Å². The van der Waals surface area contributed by atoms with E-state index in [1.54, 1.807) is 13.0 Å². The number of amides is 1. The topological polar surface area (TPSA) is 92.3 Å². The number of rotatable bonds is 7. The van der Waals surface area contributed by atoms with E-state index in [1.807, 2.05) is 24.3 Å². The number of aromatic nitrogens is 2. The zero-order valence-electron chi connectivity index (χ0n) is 16.8.